The number of piperazine rings is 1. The minimum absolute atomic E-state index is 0.281. The first-order chi connectivity index (χ1) is 11.1. The normalized spacial score (nSPS) is 30.0. The van der Waals surface area contributed by atoms with Crippen molar-refractivity contribution in [1.82, 2.24) is 20.2 Å². The van der Waals surface area contributed by atoms with Crippen LogP contribution in [0, 0.1) is 5.92 Å². The number of tetrazole rings is 1. The van der Waals surface area contributed by atoms with Crippen LogP contribution in [0.2, 0.25) is 0 Å². The van der Waals surface area contributed by atoms with E-state index in [2.05, 4.69) is 36.4 Å². The Hall–Kier alpha value is -1.05. The van der Waals surface area contributed by atoms with Crippen LogP contribution in [0.3, 0.4) is 0 Å². The molecule has 0 bridgehead atoms. The molecule has 0 spiro atoms. The monoisotopic (exact) mass is 324 g/mol. The third-order valence-corrected chi connectivity index (χ3v) is 5.22. The van der Waals surface area contributed by atoms with Crippen molar-refractivity contribution < 1.29 is 14.5 Å². The van der Waals surface area contributed by atoms with Crippen LogP contribution < -0.4 is 9.80 Å². The topological polar surface area (TPSA) is 61.7 Å². The number of quaternary nitrogens is 2. The summed E-state index contributed by atoms with van der Waals surface area (Å²) in [5.74, 6) is 1.70. The predicted octanol–water partition coefficient (Wildman–Crippen LogP) is -1.65. The van der Waals surface area contributed by atoms with Gasteiger partial charge in [0.15, 0.2) is 6.04 Å². The number of ether oxygens (including phenoxy) is 1. The molecular formula is C16H32N6O+2. The van der Waals surface area contributed by atoms with Gasteiger partial charge >= 0.3 is 0 Å². The lowest BCUT2D eigenvalue weighted by atomic mass is 10.0. The summed E-state index contributed by atoms with van der Waals surface area (Å²) < 4.78 is 7.79. The van der Waals surface area contributed by atoms with Crippen LogP contribution >= 0.6 is 0 Å². The highest BCUT2D eigenvalue weighted by atomic mass is 16.5. The summed E-state index contributed by atoms with van der Waals surface area (Å²) in [4.78, 5) is 3.28. The third-order valence-electron chi connectivity index (χ3n) is 5.22. The zero-order valence-corrected chi connectivity index (χ0v) is 14.8. The van der Waals surface area contributed by atoms with Gasteiger partial charge < -0.3 is 14.5 Å². The van der Waals surface area contributed by atoms with E-state index in [1.807, 2.05) is 4.68 Å². The van der Waals surface area contributed by atoms with E-state index in [0.29, 0.717) is 12.0 Å². The Morgan fingerprint density at radius 1 is 1.26 bits per heavy atom. The summed E-state index contributed by atoms with van der Waals surface area (Å²) in [7, 11) is 2.29. The number of nitrogens with one attached hydrogen (secondary N) is 2. The van der Waals surface area contributed by atoms with Crippen molar-refractivity contribution in [1.29, 1.82) is 0 Å². The number of hydrogen-bond acceptors (Lipinski definition) is 4. The summed E-state index contributed by atoms with van der Waals surface area (Å²) in [5.41, 5.74) is 0. The predicted molar refractivity (Wildman–Crippen MR) is 86.3 cm³/mol. The summed E-state index contributed by atoms with van der Waals surface area (Å²) in [6.07, 6.45) is 3.70. The largest absolute Gasteiger partial charge is 0.376 e. The van der Waals surface area contributed by atoms with Crippen LogP contribution in [0.4, 0.5) is 0 Å². The SMILES string of the molecule is CC(C)C[C@H](c1nnnn1C[C@@H]1CCCO1)[NH+]1CC[NH+](C)CC1. The molecule has 0 saturated carbocycles. The van der Waals surface area contributed by atoms with E-state index in [1.54, 1.807) is 9.80 Å². The van der Waals surface area contributed by atoms with Gasteiger partial charge in [0.25, 0.3) is 0 Å². The Morgan fingerprint density at radius 2 is 2.04 bits per heavy atom. The molecule has 23 heavy (non-hydrogen) atoms. The van der Waals surface area contributed by atoms with E-state index in [0.717, 1.165) is 38.2 Å². The van der Waals surface area contributed by atoms with E-state index in [-0.39, 0.29) is 6.10 Å². The van der Waals surface area contributed by atoms with Crippen LogP contribution in [-0.2, 0) is 11.3 Å². The number of aromatic nitrogens is 4. The molecule has 0 aliphatic carbocycles. The molecule has 0 aromatic carbocycles. The highest BCUT2D eigenvalue weighted by molar-refractivity contribution is 4.89. The Morgan fingerprint density at radius 3 is 2.70 bits per heavy atom. The summed E-state index contributed by atoms with van der Waals surface area (Å²) >= 11 is 0. The first-order valence-electron chi connectivity index (χ1n) is 9.17. The molecule has 3 rings (SSSR count). The summed E-state index contributed by atoms with van der Waals surface area (Å²) in [5, 5.41) is 12.7. The van der Waals surface area contributed by atoms with Crippen LogP contribution in [0.5, 0.6) is 0 Å². The van der Waals surface area contributed by atoms with Crippen molar-refractivity contribution in [3.8, 4) is 0 Å². The molecule has 130 valence electrons. The van der Waals surface area contributed by atoms with Gasteiger partial charge in [-0.05, 0) is 29.2 Å². The molecule has 2 N–H and O–H groups in total. The minimum Gasteiger partial charge on any atom is -0.376 e. The average Bonchev–Trinajstić information content (AvgIpc) is 3.18. The number of rotatable bonds is 6. The van der Waals surface area contributed by atoms with E-state index in [4.69, 9.17) is 4.74 Å². The van der Waals surface area contributed by atoms with Crippen molar-refractivity contribution in [2.24, 2.45) is 5.92 Å². The molecule has 7 heteroatoms. The molecule has 2 saturated heterocycles. The molecule has 0 amide bonds. The minimum atomic E-state index is 0.281. The molecule has 2 aliphatic rings. The molecule has 2 fully saturated rings. The second kappa shape index (κ2) is 7.68. The van der Waals surface area contributed by atoms with E-state index >= 15 is 0 Å². The zero-order valence-electron chi connectivity index (χ0n) is 14.8. The fourth-order valence-electron chi connectivity index (χ4n) is 3.84. The lowest BCUT2D eigenvalue weighted by Gasteiger charge is -2.33. The van der Waals surface area contributed by atoms with Crippen molar-refractivity contribution in [3.63, 3.8) is 0 Å². The highest BCUT2D eigenvalue weighted by Gasteiger charge is 2.34. The van der Waals surface area contributed by atoms with E-state index in [9.17, 15) is 0 Å². The summed E-state index contributed by atoms with van der Waals surface area (Å²) in [6, 6.07) is 0.402. The van der Waals surface area contributed by atoms with Gasteiger partial charge in [-0.25, -0.2) is 4.68 Å². The van der Waals surface area contributed by atoms with Gasteiger partial charge in [-0.3, -0.25) is 0 Å². The maximum atomic E-state index is 5.78. The van der Waals surface area contributed by atoms with Crippen molar-refractivity contribution in [3.05, 3.63) is 5.82 Å². The Labute approximate surface area is 139 Å². The highest BCUT2D eigenvalue weighted by Crippen LogP contribution is 2.19. The number of hydrogen-bond donors (Lipinski definition) is 2. The Balaban J connectivity index is 1.75. The molecule has 2 aliphatic heterocycles. The lowest BCUT2D eigenvalue weighted by Crippen LogP contribution is -3.27. The first-order valence-corrected chi connectivity index (χ1v) is 9.17. The quantitative estimate of drug-likeness (QED) is 0.658. The van der Waals surface area contributed by atoms with Gasteiger partial charge in [0.1, 0.15) is 26.2 Å². The summed E-state index contributed by atoms with van der Waals surface area (Å²) in [6.45, 7) is 11.1. The van der Waals surface area contributed by atoms with Gasteiger partial charge in [0.2, 0.25) is 5.82 Å². The van der Waals surface area contributed by atoms with Crippen LogP contribution in [0.15, 0.2) is 0 Å². The van der Waals surface area contributed by atoms with Crippen LogP contribution in [-0.4, -0.2) is 66.1 Å². The van der Waals surface area contributed by atoms with Gasteiger partial charge in [-0.15, -0.1) is 5.10 Å². The number of nitrogens with zero attached hydrogens (tertiary/aromatic N) is 4. The number of likely N-dealkylation sites (N-methyl/N-ethyl adjacent to an activating group) is 1. The Kier molecular flexibility index (Phi) is 5.61. The van der Waals surface area contributed by atoms with Gasteiger partial charge in [0.05, 0.1) is 19.7 Å². The fourth-order valence-corrected chi connectivity index (χ4v) is 3.84. The fraction of sp³-hybridized carbons (Fsp3) is 0.938. The smallest absolute Gasteiger partial charge is 0.209 e. The lowest BCUT2D eigenvalue weighted by molar-refractivity contribution is -1.02. The van der Waals surface area contributed by atoms with Gasteiger partial charge in [-0.2, -0.15) is 0 Å². The van der Waals surface area contributed by atoms with E-state index < -0.39 is 0 Å². The Bertz CT molecular complexity index is 477. The molecule has 2 atom stereocenters. The van der Waals surface area contributed by atoms with Crippen molar-refractivity contribution in [2.45, 2.75) is 51.8 Å². The van der Waals surface area contributed by atoms with Crippen LogP contribution in [0.25, 0.3) is 0 Å². The second-order valence-corrected chi connectivity index (χ2v) is 7.65. The average molecular weight is 324 g/mol. The van der Waals surface area contributed by atoms with Gasteiger partial charge in [0, 0.05) is 13.0 Å². The maximum Gasteiger partial charge on any atom is 0.209 e. The zero-order chi connectivity index (χ0) is 16.2. The standard InChI is InChI=1S/C16H30N6O/c1-13(2)11-15(21-8-6-20(3)7-9-21)16-17-18-19-22(16)12-14-5-4-10-23-14/h13-15H,4-12H2,1-3H3/p+2/t14-,15+/m0/s1. The maximum absolute atomic E-state index is 5.78. The first kappa shape index (κ1) is 16.8. The van der Waals surface area contributed by atoms with E-state index in [1.165, 1.54) is 26.2 Å². The van der Waals surface area contributed by atoms with Crippen molar-refractivity contribution >= 4 is 0 Å². The molecular weight excluding hydrogens is 292 g/mol. The molecule has 3 heterocycles. The second-order valence-electron chi connectivity index (χ2n) is 7.65. The molecule has 0 unspecified atom stereocenters. The van der Waals surface area contributed by atoms with Gasteiger partial charge in [-0.1, -0.05) is 13.8 Å². The molecule has 1 aromatic heterocycles. The molecule has 0 radical (unpaired) electrons. The van der Waals surface area contributed by atoms with Crippen LogP contribution in [0.1, 0.15) is 45.0 Å². The van der Waals surface area contributed by atoms with Crippen molar-refractivity contribution in [2.75, 3.05) is 39.8 Å². The molecule has 7 nitrogen and oxygen atoms in total. The third kappa shape index (κ3) is 4.28. The molecule has 1 aromatic rings.